The van der Waals surface area contributed by atoms with Crippen LogP contribution in [0.1, 0.15) is 18.9 Å². The topological polar surface area (TPSA) is 35.2 Å². The lowest BCUT2D eigenvalue weighted by Crippen LogP contribution is -2.27. The van der Waals surface area contributed by atoms with Crippen LogP contribution in [0.2, 0.25) is 0 Å². The summed E-state index contributed by atoms with van der Waals surface area (Å²) in [6, 6.07) is 8.14. The Morgan fingerprint density at radius 2 is 2.21 bits per heavy atom. The summed E-state index contributed by atoms with van der Waals surface area (Å²) in [6.07, 6.45) is 0.819. The largest absolute Gasteiger partial charge is 0.374 e. The molecule has 3 heteroatoms. The van der Waals surface area contributed by atoms with E-state index in [1.165, 1.54) is 0 Å². The van der Waals surface area contributed by atoms with Gasteiger partial charge in [0.1, 0.15) is 0 Å². The van der Waals surface area contributed by atoms with Gasteiger partial charge in [0, 0.05) is 11.6 Å². The van der Waals surface area contributed by atoms with E-state index in [0.717, 1.165) is 16.5 Å². The van der Waals surface area contributed by atoms with Crippen molar-refractivity contribution in [2.24, 2.45) is 5.73 Å². The molecule has 0 aliphatic carbocycles. The first-order valence-electron chi connectivity index (χ1n) is 4.63. The summed E-state index contributed by atoms with van der Waals surface area (Å²) in [5, 5.41) is 0. The minimum atomic E-state index is -0.279. The Balaban J connectivity index is 2.99. The van der Waals surface area contributed by atoms with Gasteiger partial charge in [-0.3, -0.25) is 0 Å². The van der Waals surface area contributed by atoms with Crippen molar-refractivity contribution in [3.05, 3.63) is 34.3 Å². The van der Waals surface area contributed by atoms with Crippen LogP contribution in [-0.4, -0.2) is 13.7 Å². The third-order valence-electron chi connectivity index (χ3n) is 2.51. The summed E-state index contributed by atoms with van der Waals surface area (Å²) in [5.41, 5.74) is 6.45. The van der Waals surface area contributed by atoms with Crippen molar-refractivity contribution in [3.8, 4) is 0 Å². The van der Waals surface area contributed by atoms with Gasteiger partial charge in [0.15, 0.2) is 0 Å². The number of benzene rings is 1. The maximum atomic E-state index is 5.57. The molecule has 2 N–H and O–H groups in total. The number of nitrogens with two attached hydrogens (primary N) is 1. The molecule has 0 aromatic heterocycles. The molecular formula is C11H16BrNO. The standard InChI is InChI=1S/C11H16BrNO/c1-11(14-2,6-7-13)9-4-3-5-10(12)8-9/h3-5,8H,6-7,13H2,1-2H3. The van der Waals surface area contributed by atoms with E-state index in [1.807, 2.05) is 12.1 Å². The second-order valence-electron chi connectivity index (χ2n) is 3.48. The summed E-state index contributed by atoms with van der Waals surface area (Å²) < 4.78 is 6.58. The summed E-state index contributed by atoms with van der Waals surface area (Å²) in [7, 11) is 1.72. The molecule has 1 aromatic rings. The van der Waals surface area contributed by atoms with Gasteiger partial charge in [-0.2, -0.15) is 0 Å². The van der Waals surface area contributed by atoms with Crippen molar-refractivity contribution in [3.63, 3.8) is 0 Å². The van der Waals surface area contributed by atoms with Crippen LogP contribution in [0.5, 0.6) is 0 Å². The third-order valence-corrected chi connectivity index (χ3v) is 3.00. The van der Waals surface area contributed by atoms with Gasteiger partial charge in [-0.15, -0.1) is 0 Å². The first-order valence-corrected chi connectivity index (χ1v) is 5.43. The van der Waals surface area contributed by atoms with Crippen molar-refractivity contribution >= 4 is 15.9 Å². The first-order chi connectivity index (χ1) is 6.62. The summed E-state index contributed by atoms with van der Waals surface area (Å²) in [4.78, 5) is 0. The molecule has 0 saturated heterocycles. The third kappa shape index (κ3) is 2.56. The van der Waals surface area contributed by atoms with E-state index < -0.39 is 0 Å². The number of hydrogen-bond acceptors (Lipinski definition) is 2. The fourth-order valence-corrected chi connectivity index (χ4v) is 1.86. The van der Waals surface area contributed by atoms with Crippen molar-refractivity contribution in [1.29, 1.82) is 0 Å². The fraction of sp³-hybridized carbons (Fsp3) is 0.455. The van der Waals surface area contributed by atoms with E-state index in [0.29, 0.717) is 6.54 Å². The zero-order valence-electron chi connectivity index (χ0n) is 8.59. The molecule has 0 bridgehead atoms. The highest BCUT2D eigenvalue weighted by Gasteiger charge is 2.24. The van der Waals surface area contributed by atoms with Crippen molar-refractivity contribution in [1.82, 2.24) is 0 Å². The van der Waals surface area contributed by atoms with Gasteiger partial charge < -0.3 is 10.5 Å². The van der Waals surface area contributed by atoms with Crippen LogP contribution in [0.3, 0.4) is 0 Å². The molecule has 1 unspecified atom stereocenters. The zero-order chi connectivity index (χ0) is 10.6. The monoisotopic (exact) mass is 257 g/mol. The molecule has 0 aliphatic heterocycles. The number of ether oxygens (including phenoxy) is 1. The average molecular weight is 258 g/mol. The molecule has 2 nitrogen and oxygen atoms in total. The van der Waals surface area contributed by atoms with Gasteiger partial charge in [0.25, 0.3) is 0 Å². The lowest BCUT2D eigenvalue weighted by atomic mass is 9.92. The number of rotatable bonds is 4. The maximum absolute atomic E-state index is 5.57. The molecule has 14 heavy (non-hydrogen) atoms. The van der Waals surface area contributed by atoms with Crippen LogP contribution in [0.25, 0.3) is 0 Å². The van der Waals surface area contributed by atoms with Gasteiger partial charge in [-0.1, -0.05) is 28.1 Å². The van der Waals surface area contributed by atoms with Crippen LogP contribution in [-0.2, 0) is 10.3 Å². The SMILES string of the molecule is COC(C)(CCN)c1cccc(Br)c1. The highest BCUT2D eigenvalue weighted by molar-refractivity contribution is 9.10. The predicted octanol–water partition coefficient (Wildman–Crippen LogP) is 2.66. The van der Waals surface area contributed by atoms with Crippen LogP contribution in [0.15, 0.2) is 28.7 Å². The highest BCUT2D eigenvalue weighted by atomic mass is 79.9. The molecule has 1 atom stereocenters. The lowest BCUT2D eigenvalue weighted by Gasteiger charge is -2.28. The Morgan fingerprint density at radius 1 is 1.50 bits per heavy atom. The molecule has 1 rings (SSSR count). The number of methoxy groups -OCH3 is 1. The Morgan fingerprint density at radius 3 is 2.71 bits per heavy atom. The lowest BCUT2D eigenvalue weighted by molar-refractivity contribution is -0.00343. The fourth-order valence-electron chi connectivity index (χ4n) is 1.46. The Kier molecular flexibility index (Phi) is 4.11. The normalized spacial score (nSPS) is 15.1. The first kappa shape index (κ1) is 11.7. The molecule has 0 aliphatic rings. The number of hydrogen-bond donors (Lipinski definition) is 1. The van der Waals surface area contributed by atoms with Crippen molar-refractivity contribution in [2.75, 3.05) is 13.7 Å². The second kappa shape index (κ2) is 4.91. The van der Waals surface area contributed by atoms with E-state index in [1.54, 1.807) is 7.11 Å². The van der Waals surface area contributed by atoms with Crippen LogP contribution in [0, 0.1) is 0 Å². The summed E-state index contributed by atoms with van der Waals surface area (Å²) in [5.74, 6) is 0. The molecule has 0 amide bonds. The smallest absolute Gasteiger partial charge is 0.0911 e. The molecule has 0 spiro atoms. The van der Waals surface area contributed by atoms with Crippen LogP contribution >= 0.6 is 15.9 Å². The Labute approximate surface area is 93.6 Å². The van der Waals surface area contributed by atoms with E-state index in [4.69, 9.17) is 10.5 Å². The van der Waals surface area contributed by atoms with Crippen LogP contribution in [0.4, 0.5) is 0 Å². The quantitative estimate of drug-likeness (QED) is 0.901. The predicted molar refractivity (Wildman–Crippen MR) is 62.2 cm³/mol. The van der Waals surface area contributed by atoms with Crippen LogP contribution < -0.4 is 5.73 Å². The Bertz CT molecular complexity index is 303. The minimum absolute atomic E-state index is 0.279. The van der Waals surface area contributed by atoms with Gasteiger partial charge in [-0.25, -0.2) is 0 Å². The number of halogens is 1. The molecule has 1 aromatic carbocycles. The average Bonchev–Trinajstić information content (AvgIpc) is 2.18. The van der Waals surface area contributed by atoms with Gasteiger partial charge in [0.05, 0.1) is 5.60 Å². The van der Waals surface area contributed by atoms with E-state index in [2.05, 4.69) is 35.0 Å². The molecule has 0 fully saturated rings. The van der Waals surface area contributed by atoms with Gasteiger partial charge >= 0.3 is 0 Å². The van der Waals surface area contributed by atoms with Gasteiger partial charge in [-0.05, 0) is 37.6 Å². The van der Waals surface area contributed by atoms with E-state index in [-0.39, 0.29) is 5.60 Å². The maximum Gasteiger partial charge on any atom is 0.0911 e. The highest BCUT2D eigenvalue weighted by Crippen LogP contribution is 2.29. The molecule has 78 valence electrons. The Hall–Kier alpha value is -0.380. The summed E-state index contributed by atoms with van der Waals surface area (Å²) >= 11 is 3.45. The van der Waals surface area contributed by atoms with Crippen molar-refractivity contribution in [2.45, 2.75) is 18.9 Å². The van der Waals surface area contributed by atoms with E-state index >= 15 is 0 Å². The molecule has 0 radical (unpaired) electrons. The molecular weight excluding hydrogens is 242 g/mol. The van der Waals surface area contributed by atoms with Gasteiger partial charge in [0.2, 0.25) is 0 Å². The van der Waals surface area contributed by atoms with Crippen molar-refractivity contribution < 1.29 is 4.74 Å². The zero-order valence-corrected chi connectivity index (χ0v) is 10.2. The minimum Gasteiger partial charge on any atom is -0.374 e. The second-order valence-corrected chi connectivity index (χ2v) is 4.40. The molecule has 0 saturated carbocycles. The van der Waals surface area contributed by atoms with E-state index in [9.17, 15) is 0 Å². The summed E-state index contributed by atoms with van der Waals surface area (Å²) in [6.45, 7) is 2.68. The molecule has 0 heterocycles.